The van der Waals surface area contributed by atoms with Crippen LogP contribution in [0.25, 0.3) is 0 Å². The van der Waals surface area contributed by atoms with Crippen LogP contribution in [0.2, 0.25) is 0 Å². The van der Waals surface area contributed by atoms with Crippen LogP contribution in [0.3, 0.4) is 0 Å². The molecular formula is C9H13NO2S. The van der Waals surface area contributed by atoms with Crippen molar-refractivity contribution < 1.29 is 9.53 Å². The minimum absolute atomic E-state index is 0.104. The van der Waals surface area contributed by atoms with Crippen molar-refractivity contribution in [2.24, 2.45) is 5.73 Å². The van der Waals surface area contributed by atoms with Gasteiger partial charge in [-0.1, -0.05) is 6.07 Å². The molecule has 3 nitrogen and oxygen atoms in total. The second kappa shape index (κ2) is 4.99. The van der Waals surface area contributed by atoms with E-state index >= 15 is 0 Å². The molecule has 0 saturated heterocycles. The van der Waals surface area contributed by atoms with Gasteiger partial charge in [-0.2, -0.15) is 0 Å². The first-order valence-electron chi connectivity index (χ1n) is 4.08. The SMILES string of the molecule is COC(=O)C[C@@H](CN)c1cccs1. The summed E-state index contributed by atoms with van der Waals surface area (Å²) in [4.78, 5) is 12.1. The average Bonchev–Trinajstić information content (AvgIpc) is 2.66. The van der Waals surface area contributed by atoms with Crippen molar-refractivity contribution in [2.45, 2.75) is 12.3 Å². The van der Waals surface area contributed by atoms with Crippen LogP contribution in [0.4, 0.5) is 0 Å². The van der Waals surface area contributed by atoms with Crippen LogP contribution >= 0.6 is 11.3 Å². The van der Waals surface area contributed by atoms with Gasteiger partial charge in [-0.15, -0.1) is 11.3 Å². The number of carbonyl (C=O) groups excluding carboxylic acids is 1. The maximum atomic E-state index is 11.0. The molecule has 13 heavy (non-hydrogen) atoms. The van der Waals surface area contributed by atoms with Crippen molar-refractivity contribution in [1.29, 1.82) is 0 Å². The molecule has 0 amide bonds. The summed E-state index contributed by atoms with van der Waals surface area (Å²) in [5, 5.41) is 1.98. The summed E-state index contributed by atoms with van der Waals surface area (Å²) in [7, 11) is 1.39. The average molecular weight is 199 g/mol. The Morgan fingerprint density at radius 2 is 2.54 bits per heavy atom. The van der Waals surface area contributed by atoms with Crippen molar-refractivity contribution in [3.8, 4) is 0 Å². The molecule has 0 fully saturated rings. The molecule has 0 aliphatic carbocycles. The van der Waals surface area contributed by atoms with Crippen LogP contribution in [0.1, 0.15) is 17.2 Å². The molecule has 1 rings (SSSR count). The third-order valence-electron chi connectivity index (χ3n) is 1.87. The molecule has 1 aromatic heterocycles. The maximum Gasteiger partial charge on any atom is 0.306 e. The smallest absolute Gasteiger partial charge is 0.306 e. The monoisotopic (exact) mass is 199 g/mol. The molecule has 2 N–H and O–H groups in total. The van der Waals surface area contributed by atoms with Gasteiger partial charge in [0.15, 0.2) is 0 Å². The lowest BCUT2D eigenvalue weighted by Gasteiger charge is -2.10. The van der Waals surface area contributed by atoms with Crippen molar-refractivity contribution in [1.82, 2.24) is 0 Å². The zero-order valence-corrected chi connectivity index (χ0v) is 8.34. The number of hydrogen-bond acceptors (Lipinski definition) is 4. The van der Waals surface area contributed by atoms with Crippen LogP contribution in [-0.4, -0.2) is 19.6 Å². The Kier molecular flexibility index (Phi) is 3.92. The highest BCUT2D eigenvalue weighted by Crippen LogP contribution is 2.23. The lowest BCUT2D eigenvalue weighted by molar-refractivity contribution is -0.141. The zero-order valence-electron chi connectivity index (χ0n) is 7.53. The lowest BCUT2D eigenvalue weighted by atomic mass is 10.0. The molecule has 0 radical (unpaired) electrons. The highest BCUT2D eigenvalue weighted by molar-refractivity contribution is 7.10. The number of methoxy groups -OCH3 is 1. The van der Waals surface area contributed by atoms with Gasteiger partial charge in [0.05, 0.1) is 13.5 Å². The number of hydrogen-bond donors (Lipinski definition) is 1. The molecule has 1 heterocycles. The summed E-state index contributed by atoms with van der Waals surface area (Å²) in [5.41, 5.74) is 5.57. The minimum Gasteiger partial charge on any atom is -0.469 e. The maximum absolute atomic E-state index is 11.0. The van der Waals surface area contributed by atoms with Gasteiger partial charge < -0.3 is 10.5 Å². The summed E-state index contributed by atoms with van der Waals surface area (Å²) >= 11 is 1.62. The van der Waals surface area contributed by atoms with Crippen LogP contribution in [0.15, 0.2) is 17.5 Å². The predicted octanol–water partition coefficient (Wildman–Crippen LogP) is 1.35. The van der Waals surface area contributed by atoms with Crippen LogP contribution in [0, 0.1) is 0 Å². The number of carbonyl (C=O) groups is 1. The third-order valence-corrected chi connectivity index (χ3v) is 2.91. The highest BCUT2D eigenvalue weighted by Gasteiger charge is 2.15. The number of ether oxygens (including phenoxy) is 1. The molecular weight excluding hydrogens is 186 g/mol. The van der Waals surface area contributed by atoms with E-state index in [0.717, 1.165) is 4.88 Å². The second-order valence-electron chi connectivity index (χ2n) is 2.73. The van der Waals surface area contributed by atoms with E-state index in [0.29, 0.717) is 13.0 Å². The fourth-order valence-corrected chi connectivity index (χ4v) is 1.95. The standard InChI is InChI=1S/C9H13NO2S/c1-12-9(11)5-7(6-10)8-3-2-4-13-8/h2-4,7H,5-6,10H2,1H3/t7-/m0/s1. The summed E-state index contributed by atoms with van der Waals surface area (Å²) < 4.78 is 4.59. The molecule has 0 unspecified atom stereocenters. The molecule has 0 aliphatic rings. The Hall–Kier alpha value is -0.870. The van der Waals surface area contributed by atoms with E-state index in [1.54, 1.807) is 11.3 Å². The van der Waals surface area contributed by atoms with Gasteiger partial charge in [0.25, 0.3) is 0 Å². The Labute approximate surface area is 81.5 Å². The molecule has 4 heteroatoms. The number of rotatable bonds is 4. The molecule has 1 atom stereocenters. The lowest BCUT2D eigenvalue weighted by Crippen LogP contribution is -2.16. The fourth-order valence-electron chi connectivity index (χ4n) is 1.11. The summed E-state index contributed by atoms with van der Waals surface area (Å²) in [5.74, 6) is -0.101. The Balaban J connectivity index is 2.58. The van der Waals surface area contributed by atoms with Gasteiger partial charge in [-0.3, -0.25) is 4.79 Å². The van der Waals surface area contributed by atoms with E-state index in [9.17, 15) is 4.79 Å². The quantitative estimate of drug-likeness (QED) is 0.745. The highest BCUT2D eigenvalue weighted by atomic mass is 32.1. The van der Waals surface area contributed by atoms with E-state index in [2.05, 4.69) is 4.74 Å². The fraction of sp³-hybridized carbons (Fsp3) is 0.444. The van der Waals surface area contributed by atoms with Crippen molar-refractivity contribution >= 4 is 17.3 Å². The van der Waals surface area contributed by atoms with Crippen LogP contribution < -0.4 is 5.73 Å². The van der Waals surface area contributed by atoms with Gasteiger partial charge >= 0.3 is 5.97 Å². The largest absolute Gasteiger partial charge is 0.469 e. The van der Waals surface area contributed by atoms with E-state index in [-0.39, 0.29) is 11.9 Å². The summed E-state index contributed by atoms with van der Waals surface area (Å²) in [6.45, 7) is 0.482. The molecule has 0 aliphatic heterocycles. The molecule has 1 aromatic rings. The molecule has 0 bridgehead atoms. The summed E-state index contributed by atoms with van der Waals surface area (Å²) in [6, 6.07) is 3.95. The zero-order chi connectivity index (χ0) is 9.68. The third kappa shape index (κ3) is 2.82. The molecule has 72 valence electrons. The van der Waals surface area contributed by atoms with E-state index < -0.39 is 0 Å². The normalized spacial score (nSPS) is 12.5. The van der Waals surface area contributed by atoms with Gasteiger partial charge in [-0.25, -0.2) is 0 Å². The van der Waals surface area contributed by atoms with Crippen LogP contribution in [0.5, 0.6) is 0 Å². The molecule has 0 aromatic carbocycles. The van der Waals surface area contributed by atoms with E-state index in [4.69, 9.17) is 5.73 Å². The van der Waals surface area contributed by atoms with Crippen LogP contribution in [-0.2, 0) is 9.53 Å². The molecule has 0 saturated carbocycles. The Morgan fingerprint density at radius 1 is 1.77 bits per heavy atom. The first kappa shape index (κ1) is 10.2. The predicted molar refractivity (Wildman–Crippen MR) is 52.7 cm³/mol. The number of nitrogens with two attached hydrogens (primary N) is 1. The first-order valence-corrected chi connectivity index (χ1v) is 4.96. The number of esters is 1. The van der Waals surface area contributed by atoms with E-state index in [1.165, 1.54) is 7.11 Å². The van der Waals surface area contributed by atoms with Crippen molar-refractivity contribution in [2.75, 3.05) is 13.7 Å². The van der Waals surface area contributed by atoms with Crippen molar-refractivity contribution in [3.05, 3.63) is 22.4 Å². The van der Waals surface area contributed by atoms with Crippen molar-refractivity contribution in [3.63, 3.8) is 0 Å². The number of thiophene rings is 1. The van der Waals surface area contributed by atoms with Gasteiger partial charge in [0.1, 0.15) is 0 Å². The Morgan fingerprint density at radius 3 is 3.00 bits per heavy atom. The Bertz CT molecular complexity index is 259. The van der Waals surface area contributed by atoms with Gasteiger partial charge in [0, 0.05) is 17.3 Å². The first-order chi connectivity index (χ1) is 6.27. The molecule has 0 spiro atoms. The van der Waals surface area contributed by atoms with Gasteiger partial charge in [-0.05, 0) is 11.4 Å². The topological polar surface area (TPSA) is 52.3 Å². The second-order valence-corrected chi connectivity index (χ2v) is 3.71. The van der Waals surface area contributed by atoms with Gasteiger partial charge in [0.2, 0.25) is 0 Å². The minimum atomic E-state index is -0.205. The van der Waals surface area contributed by atoms with E-state index in [1.807, 2.05) is 17.5 Å². The summed E-state index contributed by atoms with van der Waals surface area (Å²) in [6.07, 6.45) is 0.369.